The van der Waals surface area contributed by atoms with Gasteiger partial charge in [-0.05, 0) is 38.3 Å². The van der Waals surface area contributed by atoms with E-state index in [0.29, 0.717) is 0 Å². The van der Waals surface area contributed by atoms with Gasteiger partial charge in [0.15, 0.2) is 5.79 Å². The highest BCUT2D eigenvalue weighted by Gasteiger charge is 2.65. The molecule has 4 aliphatic rings. The summed E-state index contributed by atoms with van der Waals surface area (Å²) in [5.74, 6) is -3.61. The monoisotopic (exact) mass is 502 g/mol. The molecule has 194 valence electrons. The molecule has 11 heteroatoms. The minimum Gasteiger partial charge on any atom is -0.458 e. The molecule has 1 aromatic rings. The largest absolute Gasteiger partial charge is 0.458 e. The van der Waals surface area contributed by atoms with Crippen LogP contribution in [0.2, 0.25) is 0 Å². The third-order valence-corrected chi connectivity index (χ3v) is 6.33. The normalized spacial score (nSPS) is 33.6. The van der Waals surface area contributed by atoms with Crippen molar-refractivity contribution < 1.29 is 43.5 Å². The summed E-state index contributed by atoms with van der Waals surface area (Å²) in [5.41, 5.74) is -5.09. The molecule has 0 unspecified atom stereocenters. The van der Waals surface area contributed by atoms with E-state index in [4.69, 9.17) is 18.9 Å². The zero-order valence-electron chi connectivity index (χ0n) is 20.3. The molecule has 0 saturated carbocycles. The second-order valence-corrected chi connectivity index (χ2v) is 9.60. The molecule has 2 amide bonds. The molecule has 0 aliphatic carbocycles. The Hall–Kier alpha value is -3.09. The number of benzene rings is 1. The van der Waals surface area contributed by atoms with Crippen LogP contribution >= 0.6 is 0 Å². The van der Waals surface area contributed by atoms with Crippen LogP contribution in [0.15, 0.2) is 54.1 Å². The van der Waals surface area contributed by atoms with E-state index in [1.807, 2.05) is 30.3 Å². The van der Waals surface area contributed by atoms with Gasteiger partial charge in [0, 0.05) is 6.08 Å². The highest BCUT2D eigenvalue weighted by molar-refractivity contribution is 6.03. The van der Waals surface area contributed by atoms with E-state index in [-0.39, 0.29) is 31.8 Å². The average Bonchev–Trinajstić information content (AvgIpc) is 3.12. The molecule has 0 radical (unpaired) electrons. The number of fused-ring (bicyclic) bond motifs is 5. The van der Waals surface area contributed by atoms with Crippen LogP contribution in [-0.4, -0.2) is 70.2 Å². The molecule has 2 bridgehead atoms. The maximum Gasteiger partial charge on any atom is 0.331 e. The molecular formula is C25H30N2O9. The molecule has 5 rings (SSSR count). The number of aliphatic hydroxyl groups excluding tert-OH is 1. The molecule has 4 fully saturated rings. The molecule has 1 aromatic carbocycles. The van der Waals surface area contributed by atoms with Gasteiger partial charge in [-0.1, -0.05) is 42.5 Å². The van der Waals surface area contributed by atoms with E-state index in [9.17, 15) is 24.6 Å². The fraction of sp³-hybridized carbons (Fsp3) is 0.480. The van der Waals surface area contributed by atoms with E-state index in [2.05, 4.69) is 10.6 Å². The van der Waals surface area contributed by atoms with Crippen molar-refractivity contribution in [3.8, 4) is 0 Å². The topological polar surface area (TPSA) is 153 Å². The van der Waals surface area contributed by atoms with Gasteiger partial charge in [-0.25, -0.2) is 4.79 Å². The minimum absolute atomic E-state index is 0.0155. The van der Waals surface area contributed by atoms with Gasteiger partial charge in [0.1, 0.15) is 18.3 Å². The van der Waals surface area contributed by atoms with Crippen LogP contribution in [0.1, 0.15) is 32.8 Å². The number of ether oxygens (including phenoxy) is 4. The predicted molar refractivity (Wildman–Crippen MR) is 124 cm³/mol. The van der Waals surface area contributed by atoms with Gasteiger partial charge in [0.25, 0.3) is 17.5 Å². The number of nitrogens with one attached hydrogen (secondary N) is 2. The number of aliphatic hydroxyl groups is 2. The maximum atomic E-state index is 13.2. The highest BCUT2D eigenvalue weighted by atomic mass is 16.8. The van der Waals surface area contributed by atoms with Gasteiger partial charge in [-0.15, -0.1) is 0 Å². The van der Waals surface area contributed by atoms with Crippen molar-refractivity contribution in [3.05, 3.63) is 59.7 Å². The van der Waals surface area contributed by atoms with Crippen LogP contribution in [0.4, 0.5) is 0 Å². The van der Waals surface area contributed by atoms with Crippen molar-refractivity contribution in [1.29, 1.82) is 0 Å². The maximum absolute atomic E-state index is 13.2. The van der Waals surface area contributed by atoms with E-state index in [1.54, 1.807) is 13.8 Å². The minimum atomic E-state index is -2.41. The summed E-state index contributed by atoms with van der Waals surface area (Å²) >= 11 is 0. The van der Waals surface area contributed by atoms with Crippen molar-refractivity contribution in [2.75, 3.05) is 13.2 Å². The Bertz CT molecular complexity index is 1100. The molecule has 4 N–H and O–H groups in total. The number of hydrogen-bond donors (Lipinski definition) is 4. The van der Waals surface area contributed by atoms with Gasteiger partial charge >= 0.3 is 5.97 Å². The van der Waals surface area contributed by atoms with Crippen LogP contribution in [0.25, 0.3) is 0 Å². The lowest BCUT2D eigenvalue weighted by molar-refractivity contribution is -0.240. The first-order valence-electron chi connectivity index (χ1n) is 11.5. The van der Waals surface area contributed by atoms with Crippen molar-refractivity contribution in [1.82, 2.24) is 10.6 Å². The second kappa shape index (κ2) is 9.41. The molecule has 36 heavy (non-hydrogen) atoms. The van der Waals surface area contributed by atoms with E-state index in [1.165, 1.54) is 19.1 Å². The Morgan fingerprint density at radius 3 is 2.53 bits per heavy atom. The van der Waals surface area contributed by atoms with E-state index in [0.717, 1.165) is 11.6 Å². The summed E-state index contributed by atoms with van der Waals surface area (Å²) in [4.78, 5) is 38.2. The fourth-order valence-corrected chi connectivity index (χ4v) is 4.46. The fourth-order valence-electron chi connectivity index (χ4n) is 4.46. The first-order valence-corrected chi connectivity index (χ1v) is 11.5. The predicted octanol–water partition coefficient (Wildman–Crippen LogP) is 0.166. The van der Waals surface area contributed by atoms with Gasteiger partial charge in [0.05, 0.1) is 13.2 Å². The van der Waals surface area contributed by atoms with Crippen molar-refractivity contribution in [2.45, 2.75) is 62.7 Å². The molecule has 0 aromatic heterocycles. The standard InChI is InChI=1S/C25H30N2O9/c1-22(2)35-15-23(3,36-22)19(29)25-21(31)26-24(32,20(30)27-25)17(12-13-34-25)10-7-11-18(28)33-14-16-8-5-4-6-9-16/h4-11,19,29,32H,12-15H2,1-3H3,(H,26,31)(H,27,30)/b11-7+,17-10+/t19-,23+,24-,25+/m1/s1. The number of rotatable bonds is 6. The lowest BCUT2D eigenvalue weighted by atomic mass is 9.84. The van der Waals surface area contributed by atoms with Gasteiger partial charge in [0.2, 0.25) is 5.72 Å². The van der Waals surface area contributed by atoms with Crippen LogP contribution in [-0.2, 0) is 39.9 Å². The summed E-state index contributed by atoms with van der Waals surface area (Å²) in [7, 11) is 0. The lowest BCUT2D eigenvalue weighted by Gasteiger charge is -2.50. The first-order chi connectivity index (χ1) is 16.9. The number of carbonyl (C=O) groups is 3. The SMILES string of the molecule is CC1(C)OC[C@@](C)([C@@H](O)[C@@]23NC(=O)[C@@](O)(NC2=O)/C(=C/C=C/C(=O)OCc2ccccc2)CCO3)O1. The lowest BCUT2D eigenvalue weighted by Crippen LogP contribution is -2.82. The van der Waals surface area contributed by atoms with Crippen LogP contribution in [0.5, 0.6) is 0 Å². The van der Waals surface area contributed by atoms with Crippen molar-refractivity contribution in [2.24, 2.45) is 0 Å². The Kier molecular flexibility index (Phi) is 6.80. The number of hydrogen-bond acceptors (Lipinski definition) is 9. The smallest absolute Gasteiger partial charge is 0.331 e. The Morgan fingerprint density at radius 2 is 1.86 bits per heavy atom. The molecule has 4 aliphatic heterocycles. The number of piperazine rings is 1. The summed E-state index contributed by atoms with van der Waals surface area (Å²) in [5, 5.41) is 26.9. The number of esters is 1. The van der Waals surface area contributed by atoms with E-state index < -0.39 is 46.7 Å². The molecule has 0 spiro atoms. The highest BCUT2D eigenvalue weighted by Crippen LogP contribution is 2.40. The van der Waals surface area contributed by atoms with Crippen LogP contribution in [0.3, 0.4) is 0 Å². The number of allylic oxidation sites excluding steroid dienone is 2. The summed E-state index contributed by atoms with van der Waals surface area (Å²) in [6, 6.07) is 9.14. The molecule has 4 saturated heterocycles. The third kappa shape index (κ3) is 4.80. The molecular weight excluding hydrogens is 472 g/mol. The van der Waals surface area contributed by atoms with Gasteiger partial charge in [-0.3, -0.25) is 9.59 Å². The van der Waals surface area contributed by atoms with Crippen molar-refractivity contribution >= 4 is 17.8 Å². The molecule has 4 heterocycles. The Morgan fingerprint density at radius 1 is 1.14 bits per heavy atom. The third-order valence-electron chi connectivity index (χ3n) is 6.33. The summed E-state index contributed by atoms with van der Waals surface area (Å²) in [6.07, 6.45) is 2.13. The van der Waals surface area contributed by atoms with Crippen molar-refractivity contribution in [3.63, 3.8) is 0 Å². The quantitative estimate of drug-likeness (QED) is 0.315. The second-order valence-electron chi connectivity index (χ2n) is 9.60. The Balaban J connectivity index is 1.49. The first kappa shape index (κ1) is 26.0. The average molecular weight is 503 g/mol. The van der Waals surface area contributed by atoms with Gasteiger partial charge < -0.3 is 39.8 Å². The number of carbonyl (C=O) groups excluding carboxylic acids is 3. The summed E-state index contributed by atoms with van der Waals surface area (Å²) in [6.45, 7) is 4.74. The summed E-state index contributed by atoms with van der Waals surface area (Å²) < 4.78 is 22.3. The van der Waals surface area contributed by atoms with E-state index >= 15 is 0 Å². The molecule has 4 atom stereocenters. The molecule has 11 nitrogen and oxygen atoms in total. The Labute approximate surface area is 208 Å². The zero-order valence-corrected chi connectivity index (χ0v) is 20.3. The van der Waals surface area contributed by atoms with Gasteiger partial charge in [-0.2, -0.15) is 0 Å². The van der Waals surface area contributed by atoms with Crippen LogP contribution in [0, 0.1) is 0 Å². The number of amides is 2. The zero-order chi connectivity index (χ0) is 26.2. The van der Waals surface area contributed by atoms with Crippen LogP contribution < -0.4 is 10.6 Å².